The maximum atomic E-state index is 11.9. The van der Waals surface area contributed by atoms with Crippen LogP contribution in [0, 0.1) is 6.92 Å². The average Bonchev–Trinajstić information content (AvgIpc) is 2.85. The Balaban J connectivity index is 2.83. The van der Waals surface area contributed by atoms with Crippen molar-refractivity contribution in [2.45, 2.75) is 6.92 Å². The zero-order chi connectivity index (χ0) is 14.7. The Kier molecular flexibility index (Phi) is 3.93. The summed E-state index contributed by atoms with van der Waals surface area (Å²) in [4.78, 5) is 19.6. The smallest absolute Gasteiger partial charge is 0.355 e. The molecule has 1 heterocycles. The Bertz CT molecular complexity index is 673. The Morgan fingerprint density at radius 1 is 1.30 bits per heavy atom. The third-order valence-corrected chi connectivity index (χ3v) is 3.06. The number of benzene rings is 1. The second-order valence-electron chi connectivity index (χ2n) is 4.16. The molecule has 0 saturated carbocycles. The quantitative estimate of drug-likeness (QED) is 0.528. The zero-order valence-corrected chi connectivity index (χ0v) is 11.8. The van der Waals surface area contributed by atoms with Crippen molar-refractivity contribution in [1.82, 2.24) is 4.98 Å². The van der Waals surface area contributed by atoms with Gasteiger partial charge in [-0.05, 0) is 18.6 Å². The molecular weight excluding hydrogens is 260 g/mol. The van der Waals surface area contributed by atoms with Gasteiger partial charge in [0, 0.05) is 5.56 Å². The van der Waals surface area contributed by atoms with Crippen LogP contribution in [0.1, 0.15) is 21.6 Å². The molecule has 20 heavy (non-hydrogen) atoms. The molecule has 0 aliphatic carbocycles. The number of ether oxygens (including phenoxy) is 2. The number of carbonyl (C=O) groups is 1. The number of aromatic amines is 1. The van der Waals surface area contributed by atoms with E-state index in [0.29, 0.717) is 17.0 Å². The third-order valence-electron chi connectivity index (χ3n) is 3.06. The van der Waals surface area contributed by atoms with Crippen LogP contribution in [0.15, 0.2) is 17.3 Å². The van der Waals surface area contributed by atoms with Gasteiger partial charge in [-0.25, -0.2) is 4.79 Å². The van der Waals surface area contributed by atoms with Gasteiger partial charge in [0.2, 0.25) is 0 Å². The zero-order valence-electron chi connectivity index (χ0n) is 11.8. The topological polar surface area (TPSA) is 72.9 Å². The number of rotatable bonds is 4. The molecule has 0 radical (unpaired) electrons. The van der Waals surface area contributed by atoms with E-state index in [9.17, 15) is 4.79 Å². The Labute approximate surface area is 116 Å². The number of nitrogens with one attached hydrogen (secondary N) is 1. The van der Waals surface area contributed by atoms with Gasteiger partial charge in [0.1, 0.15) is 18.6 Å². The lowest BCUT2D eigenvalue weighted by Gasteiger charge is -2.04. The maximum Gasteiger partial charge on any atom is 0.355 e. The number of esters is 1. The number of fused-ring (bicyclic) bond motifs is 1. The summed E-state index contributed by atoms with van der Waals surface area (Å²) in [6, 6.07) is 3.76. The van der Waals surface area contributed by atoms with Crippen LogP contribution < -0.4 is 4.74 Å². The van der Waals surface area contributed by atoms with E-state index in [1.807, 2.05) is 19.1 Å². The SMILES string of the molecule is CON=Cc1c(C(=O)OC)[nH]c2c(C)ccc(OC)c12. The number of hydrogen-bond donors (Lipinski definition) is 1. The minimum atomic E-state index is -0.472. The number of nitrogens with zero attached hydrogens (tertiary/aromatic N) is 1. The van der Waals surface area contributed by atoms with Crippen molar-refractivity contribution in [3.05, 3.63) is 29.0 Å². The Hall–Kier alpha value is -2.50. The van der Waals surface area contributed by atoms with E-state index in [4.69, 9.17) is 14.3 Å². The van der Waals surface area contributed by atoms with Crippen molar-refractivity contribution in [2.24, 2.45) is 5.16 Å². The molecule has 106 valence electrons. The lowest BCUT2D eigenvalue weighted by molar-refractivity contribution is 0.0595. The molecule has 2 rings (SSSR count). The molecule has 2 aromatic rings. The number of methoxy groups -OCH3 is 2. The highest BCUT2D eigenvalue weighted by Crippen LogP contribution is 2.32. The van der Waals surface area contributed by atoms with Gasteiger partial charge in [-0.1, -0.05) is 11.2 Å². The molecule has 1 aromatic heterocycles. The van der Waals surface area contributed by atoms with Gasteiger partial charge in [0.05, 0.1) is 31.3 Å². The summed E-state index contributed by atoms with van der Waals surface area (Å²) < 4.78 is 10.1. The van der Waals surface area contributed by atoms with Gasteiger partial charge >= 0.3 is 5.97 Å². The molecule has 0 saturated heterocycles. The van der Waals surface area contributed by atoms with Crippen LogP contribution in [0.2, 0.25) is 0 Å². The van der Waals surface area contributed by atoms with Crippen molar-refractivity contribution in [2.75, 3.05) is 21.3 Å². The van der Waals surface area contributed by atoms with Crippen LogP contribution in [-0.4, -0.2) is 38.5 Å². The van der Waals surface area contributed by atoms with Crippen molar-refractivity contribution >= 4 is 23.1 Å². The van der Waals surface area contributed by atoms with E-state index in [2.05, 4.69) is 10.1 Å². The lowest BCUT2D eigenvalue weighted by atomic mass is 10.1. The summed E-state index contributed by atoms with van der Waals surface area (Å²) in [6.45, 7) is 1.94. The predicted octanol–water partition coefficient (Wildman–Crippen LogP) is 2.25. The summed E-state index contributed by atoms with van der Waals surface area (Å²) in [5.41, 5.74) is 2.69. The normalized spacial score (nSPS) is 11.0. The molecule has 0 fully saturated rings. The molecule has 0 unspecified atom stereocenters. The highest BCUT2D eigenvalue weighted by molar-refractivity contribution is 6.11. The van der Waals surface area contributed by atoms with Crippen LogP contribution in [0.3, 0.4) is 0 Å². The second-order valence-corrected chi connectivity index (χ2v) is 4.16. The molecule has 1 N–H and O–H groups in total. The van der Waals surface area contributed by atoms with E-state index in [0.717, 1.165) is 16.5 Å². The van der Waals surface area contributed by atoms with E-state index in [-0.39, 0.29) is 0 Å². The first-order valence-corrected chi connectivity index (χ1v) is 5.98. The standard InChI is InChI=1S/C14H16N2O4/c1-8-5-6-10(18-2)11-9(7-15-20-4)13(14(17)19-3)16-12(8)11/h5-7,16H,1-4H3. The van der Waals surface area contributed by atoms with Crippen molar-refractivity contribution in [3.63, 3.8) is 0 Å². The monoisotopic (exact) mass is 276 g/mol. The first-order chi connectivity index (χ1) is 9.63. The minimum Gasteiger partial charge on any atom is -0.496 e. The molecule has 6 heteroatoms. The number of aryl methyl sites for hydroxylation is 1. The molecule has 1 aromatic carbocycles. The first-order valence-electron chi connectivity index (χ1n) is 5.98. The van der Waals surface area contributed by atoms with Gasteiger partial charge in [0.25, 0.3) is 0 Å². The van der Waals surface area contributed by atoms with Crippen molar-refractivity contribution < 1.29 is 19.1 Å². The summed E-state index contributed by atoms with van der Waals surface area (Å²) in [5, 5.41) is 4.51. The fourth-order valence-corrected chi connectivity index (χ4v) is 2.10. The van der Waals surface area contributed by atoms with Crippen molar-refractivity contribution in [1.29, 1.82) is 0 Å². The van der Waals surface area contributed by atoms with Gasteiger partial charge < -0.3 is 19.3 Å². The number of oxime groups is 1. The largest absolute Gasteiger partial charge is 0.496 e. The Morgan fingerprint density at radius 2 is 2.05 bits per heavy atom. The fraction of sp³-hybridized carbons (Fsp3) is 0.286. The van der Waals surface area contributed by atoms with E-state index >= 15 is 0 Å². The van der Waals surface area contributed by atoms with E-state index in [1.54, 1.807) is 7.11 Å². The predicted molar refractivity (Wildman–Crippen MR) is 75.5 cm³/mol. The Morgan fingerprint density at radius 3 is 2.65 bits per heavy atom. The summed E-state index contributed by atoms with van der Waals surface area (Å²) in [5.74, 6) is 0.176. The molecule has 0 atom stereocenters. The molecule has 0 spiro atoms. The van der Waals surface area contributed by atoms with Crippen LogP contribution in [0.4, 0.5) is 0 Å². The van der Waals surface area contributed by atoms with E-state index < -0.39 is 5.97 Å². The average molecular weight is 276 g/mol. The van der Waals surface area contributed by atoms with Gasteiger partial charge in [0.15, 0.2) is 0 Å². The van der Waals surface area contributed by atoms with E-state index in [1.165, 1.54) is 20.4 Å². The number of carbonyl (C=O) groups excluding carboxylic acids is 1. The highest BCUT2D eigenvalue weighted by atomic mass is 16.6. The van der Waals surface area contributed by atoms with Gasteiger partial charge in [-0.15, -0.1) is 0 Å². The molecule has 6 nitrogen and oxygen atoms in total. The summed E-state index contributed by atoms with van der Waals surface area (Å²) in [7, 11) is 4.34. The first kappa shape index (κ1) is 13.9. The molecular formula is C14H16N2O4. The van der Waals surface area contributed by atoms with Crippen molar-refractivity contribution in [3.8, 4) is 5.75 Å². The minimum absolute atomic E-state index is 0.316. The maximum absolute atomic E-state index is 11.9. The third kappa shape index (κ3) is 2.20. The molecule has 0 aliphatic heterocycles. The van der Waals surface area contributed by atoms with Crippen LogP contribution in [0.5, 0.6) is 5.75 Å². The number of aromatic nitrogens is 1. The second kappa shape index (κ2) is 5.64. The van der Waals surface area contributed by atoms with Gasteiger partial charge in [-0.3, -0.25) is 0 Å². The summed E-state index contributed by atoms with van der Waals surface area (Å²) >= 11 is 0. The van der Waals surface area contributed by atoms with Crippen LogP contribution >= 0.6 is 0 Å². The van der Waals surface area contributed by atoms with Crippen LogP contribution in [-0.2, 0) is 9.57 Å². The summed E-state index contributed by atoms with van der Waals surface area (Å²) in [6.07, 6.45) is 1.47. The molecule has 0 aliphatic rings. The number of hydrogen-bond acceptors (Lipinski definition) is 5. The molecule has 0 amide bonds. The lowest BCUT2D eigenvalue weighted by Crippen LogP contribution is -2.05. The van der Waals surface area contributed by atoms with Crippen LogP contribution in [0.25, 0.3) is 10.9 Å². The highest BCUT2D eigenvalue weighted by Gasteiger charge is 2.21. The van der Waals surface area contributed by atoms with Gasteiger partial charge in [-0.2, -0.15) is 0 Å². The number of H-pyrrole nitrogens is 1. The fourth-order valence-electron chi connectivity index (χ4n) is 2.10. The molecule has 0 bridgehead atoms.